The molecule has 1 heterocycles. The molecule has 4 heteroatoms. The molecule has 2 aliphatic rings. The average Bonchev–Trinajstić information content (AvgIpc) is 2.74. The van der Waals surface area contributed by atoms with Gasteiger partial charge in [-0.25, -0.2) is 0 Å². The fourth-order valence-corrected chi connectivity index (χ4v) is 4.40. The number of fused-ring (bicyclic) bond motifs is 1. The summed E-state index contributed by atoms with van der Waals surface area (Å²) < 4.78 is 0. The molecule has 0 N–H and O–H groups in total. The van der Waals surface area contributed by atoms with Crippen molar-refractivity contribution < 1.29 is 0 Å². The Labute approximate surface area is 103 Å². The van der Waals surface area contributed by atoms with E-state index < -0.39 is 0 Å². The summed E-state index contributed by atoms with van der Waals surface area (Å²) in [5.41, 5.74) is 0. The summed E-state index contributed by atoms with van der Waals surface area (Å²) in [7, 11) is 0. The van der Waals surface area contributed by atoms with E-state index in [4.69, 9.17) is 0 Å². The van der Waals surface area contributed by atoms with Crippen molar-refractivity contribution in [3.05, 3.63) is 10.0 Å². The van der Waals surface area contributed by atoms with Crippen molar-refractivity contribution in [2.45, 2.75) is 43.4 Å². The molecular formula is C11H15BrN2S. The van der Waals surface area contributed by atoms with Gasteiger partial charge in [0.15, 0.2) is 0 Å². The zero-order chi connectivity index (χ0) is 10.4. The Bertz CT molecular complexity index is 355. The molecule has 0 aliphatic heterocycles. The molecule has 3 rings (SSSR count). The van der Waals surface area contributed by atoms with Gasteiger partial charge in [-0.2, -0.15) is 0 Å². The summed E-state index contributed by atoms with van der Waals surface area (Å²) in [6.45, 7) is 2.17. The SMILES string of the molecule is CCC(Br)c1nnc(C2C3CCCC32)s1. The zero-order valence-electron chi connectivity index (χ0n) is 8.82. The van der Waals surface area contributed by atoms with Crippen LogP contribution >= 0.6 is 27.3 Å². The van der Waals surface area contributed by atoms with E-state index in [0.717, 1.165) is 29.2 Å². The Kier molecular flexibility index (Phi) is 2.59. The molecule has 2 nitrogen and oxygen atoms in total. The molecule has 2 aliphatic carbocycles. The molecule has 0 spiro atoms. The highest BCUT2D eigenvalue weighted by Crippen LogP contribution is 2.63. The first-order valence-electron chi connectivity index (χ1n) is 5.78. The average molecular weight is 287 g/mol. The van der Waals surface area contributed by atoms with Gasteiger partial charge in [-0.1, -0.05) is 29.3 Å². The largest absolute Gasteiger partial charge is 0.143 e. The Morgan fingerprint density at radius 3 is 2.80 bits per heavy atom. The van der Waals surface area contributed by atoms with Gasteiger partial charge in [0, 0.05) is 5.92 Å². The second-order valence-corrected chi connectivity index (χ2v) is 6.78. The second kappa shape index (κ2) is 3.81. The summed E-state index contributed by atoms with van der Waals surface area (Å²) >= 11 is 5.46. The van der Waals surface area contributed by atoms with Crippen molar-refractivity contribution in [3.63, 3.8) is 0 Å². The van der Waals surface area contributed by atoms with Crippen LogP contribution in [0.3, 0.4) is 0 Å². The van der Waals surface area contributed by atoms with Gasteiger partial charge in [0.2, 0.25) is 0 Å². The Morgan fingerprint density at radius 2 is 2.13 bits per heavy atom. The van der Waals surface area contributed by atoms with E-state index >= 15 is 0 Å². The third-order valence-corrected chi connectivity index (χ3v) is 6.30. The lowest BCUT2D eigenvalue weighted by molar-refractivity contribution is 0.674. The van der Waals surface area contributed by atoms with Crippen molar-refractivity contribution in [2.24, 2.45) is 11.8 Å². The van der Waals surface area contributed by atoms with Crippen LogP contribution < -0.4 is 0 Å². The van der Waals surface area contributed by atoms with Crippen LogP contribution in [0.2, 0.25) is 0 Å². The number of rotatable bonds is 3. The highest BCUT2D eigenvalue weighted by molar-refractivity contribution is 9.09. The molecule has 15 heavy (non-hydrogen) atoms. The van der Waals surface area contributed by atoms with Gasteiger partial charge >= 0.3 is 0 Å². The Balaban J connectivity index is 1.75. The fraction of sp³-hybridized carbons (Fsp3) is 0.818. The summed E-state index contributed by atoms with van der Waals surface area (Å²) in [4.78, 5) is 0.405. The molecule has 0 radical (unpaired) electrons. The molecule has 2 saturated carbocycles. The van der Waals surface area contributed by atoms with E-state index in [9.17, 15) is 0 Å². The van der Waals surface area contributed by atoms with Gasteiger partial charge in [0.1, 0.15) is 10.0 Å². The van der Waals surface area contributed by atoms with Gasteiger partial charge in [-0.05, 0) is 31.1 Å². The molecule has 1 aromatic heterocycles. The van der Waals surface area contributed by atoms with Crippen LogP contribution in [-0.4, -0.2) is 10.2 Å². The Hall–Kier alpha value is 0.0400. The zero-order valence-corrected chi connectivity index (χ0v) is 11.2. The Morgan fingerprint density at radius 1 is 1.40 bits per heavy atom. The maximum atomic E-state index is 4.37. The van der Waals surface area contributed by atoms with Crippen LogP contribution in [0.15, 0.2) is 0 Å². The first kappa shape index (κ1) is 10.2. The first-order valence-corrected chi connectivity index (χ1v) is 7.52. The third kappa shape index (κ3) is 1.66. The van der Waals surface area contributed by atoms with Crippen molar-refractivity contribution in [1.82, 2.24) is 10.2 Å². The van der Waals surface area contributed by atoms with Crippen LogP contribution in [0.1, 0.15) is 53.4 Å². The summed E-state index contributed by atoms with van der Waals surface area (Å²) in [5, 5.41) is 11.1. The third-order valence-electron chi connectivity index (χ3n) is 3.77. The number of alkyl halides is 1. The molecular weight excluding hydrogens is 272 g/mol. The monoisotopic (exact) mass is 286 g/mol. The van der Waals surface area contributed by atoms with Gasteiger partial charge in [0.05, 0.1) is 4.83 Å². The van der Waals surface area contributed by atoms with Crippen molar-refractivity contribution in [2.75, 3.05) is 0 Å². The van der Waals surface area contributed by atoms with Gasteiger partial charge < -0.3 is 0 Å². The molecule has 3 unspecified atom stereocenters. The van der Waals surface area contributed by atoms with Crippen LogP contribution in [0.25, 0.3) is 0 Å². The van der Waals surface area contributed by atoms with E-state index in [-0.39, 0.29) is 0 Å². The maximum Gasteiger partial charge on any atom is 0.131 e. The summed E-state index contributed by atoms with van der Waals surface area (Å²) in [6, 6.07) is 0. The highest BCUT2D eigenvalue weighted by Gasteiger charge is 2.54. The van der Waals surface area contributed by atoms with Crippen LogP contribution in [-0.2, 0) is 0 Å². The molecule has 0 bridgehead atoms. The quantitative estimate of drug-likeness (QED) is 0.788. The highest BCUT2D eigenvalue weighted by atomic mass is 79.9. The van der Waals surface area contributed by atoms with Crippen molar-refractivity contribution >= 4 is 27.3 Å². The molecule has 0 amide bonds. The predicted octanol–water partition coefficient (Wildman–Crippen LogP) is 3.90. The smallest absolute Gasteiger partial charge is 0.131 e. The standard InChI is InChI=1S/C11H15BrN2S/c1-2-8(12)10-13-14-11(15-10)9-6-4-3-5-7(6)9/h6-9H,2-5H2,1H3. The van der Waals surface area contributed by atoms with E-state index in [1.807, 2.05) is 11.3 Å². The van der Waals surface area contributed by atoms with E-state index in [1.165, 1.54) is 24.3 Å². The van der Waals surface area contributed by atoms with E-state index in [0.29, 0.717) is 4.83 Å². The molecule has 3 atom stereocenters. The number of hydrogen-bond donors (Lipinski definition) is 0. The predicted molar refractivity (Wildman–Crippen MR) is 65.4 cm³/mol. The number of aromatic nitrogens is 2. The minimum atomic E-state index is 0.405. The topological polar surface area (TPSA) is 25.8 Å². The van der Waals surface area contributed by atoms with Crippen LogP contribution in [0.5, 0.6) is 0 Å². The lowest BCUT2D eigenvalue weighted by atomic mass is 10.1. The number of nitrogens with zero attached hydrogens (tertiary/aromatic N) is 2. The molecule has 1 aromatic rings. The van der Waals surface area contributed by atoms with Gasteiger partial charge in [-0.3, -0.25) is 0 Å². The van der Waals surface area contributed by atoms with Gasteiger partial charge in [-0.15, -0.1) is 21.5 Å². The maximum absolute atomic E-state index is 4.37. The van der Waals surface area contributed by atoms with E-state index in [1.54, 1.807) is 0 Å². The molecule has 82 valence electrons. The normalized spacial score (nSPS) is 35.2. The van der Waals surface area contributed by atoms with Crippen molar-refractivity contribution in [1.29, 1.82) is 0 Å². The summed E-state index contributed by atoms with van der Waals surface area (Å²) in [5.74, 6) is 2.70. The lowest BCUT2D eigenvalue weighted by Crippen LogP contribution is -1.86. The number of hydrogen-bond acceptors (Lipinski definition) is 3. The van der Waals surface area contributed by atoms with Crippen molar-refractivity contribution in [3.8, 4) is 0 Å². The lowest BCUT2D eigenvalue weighted by Gasteiger charge is -1.98. The van der Waals surface area contributed by atoms with Gasteiger partial charge in [0.25, 0.3) is 0 Å². The fourth-order valence-electron chi connectivity index (χ4n) is 2.87. The van der Waals surface area contributed by atoms with Crippen LogP contribution in [0, 0.1) is 11.8 Å². The summed E-state index contributed by atoms with van der Waals surface area (Å²) in [6.07, 6.45) is 5.38. The minimum absolute atomic E-state index is 0.405. The second-order valence-electron chi connectivity index (χ2n) is 4.64. The molecule has 0 aromatic carbocycles. The first-order chi connectivity index (χ1) is 7.31. The van der Waals surface area contributed by atoms with Crippen LogP contribution in [0.4, 0.5) is 0 Å². The number of halogens is 1. The molecule has 2 fully saturated rings. The van der Waals surface area contributed by atoms with E-state index in [2.05, 4.69) is 33.1 Å². The minimum Gasteiger partial charge on any atom is -0.143 e. The molecule has 0 saturated heterocycles.